The third-order valence-electron chi connectivity index (χ3n) is 2.54. The zero-order valence-electron chi connectivity index (χ0n) is 8.95. The number of amides is 1. The maximum atomic E-state index is 11.6. The number of hydrogen-bond acceptors (Lipinski definition) is 3. The van der Waals surface area contributed by atoms with Crippen molar-refractivity contribution in [2.45, 2.75) is 32.2 Å². The van der Waals surface area contributed by atoms with Crippen LogP contribution in [0.15, 0.2) is 0 Å². The highest BCUT2D eigenvalue weighted by molar-refractivity contribution is 5.80. The minimum absolute atomic E-state index is 0.00463. The monoisotopic (exact) mass is 214 g/mol. The Morgan fingerprint density at radius 2 is 2.33 bits per heavy atom. The zero-order chi connectivity index (χ0) is 11.3. The van der Waals surface area contributed by atoms with Gasteiger partial charge in [0.05, 0.1) is 12.3 Å². The van der Waals surface area contributed by atoms with Gasteiger partial charge in [0, 0.05) is 12.6 Å². The van der Waals surface area contributed by atoms with E-state index in [0.29, 0.717) is 6.54 Å². The molecule has 15 heavy (non-hydrogen) atoms. The van der Waals surface area contributed by atoms with Gasteiger partial charge in [-0.05, 0) is 26.3 Å². The van der Waals surface area contributed by atoms with Crippen molar-refractivity contribution in [1.29, 1.82) is 0 Å². The van der Waals surface area contributed by atoms with Gasteiger partial charge in [-0.25, -0.2) is 0 Å². The molecule has 1 aliphatic rings. The van der Waals surface area contributed by atoms with Crippen molar-refractivity contribution in [3.05, 3.63) is 0 Å². The molecule has 0 aliphatic carbocycles. The normalized spacial score (nSPS) is 23.1. The summed E-state index contributed by atoms with van der Waals surface area (Å²) in [5.41, 5.74) is 0. The molecule has 1 rings (SSSR count). The van der Waals surface area contributed by atoms with Crippen LogP contribution in [0.3, 0.4) is 0 Å². The third kappa shape index (κ3) is 4.29. The van der Waals surface area contributed by atoms with Gasteiger partial charge < -0.3 is 15.7 Å². The summed E-state index contributed by atoms with van der Waals surface area (Å²) in [7, 11) is 0. The van der Waals surface area contributed by atoms with Crippen LogP contribution in [0, 0.1) is 5.92 Å². The van der Waals surface area contributed by atoms with Crippen molar-refractivity contribution in [3.8, 4) is 0 Å². The van der Waals surface area contributed by atoms with Gasteiger partial charge in [0.15, 0.2) is 0 Å². The standard InChI is InChI=1S/C10H18N2O3/c1-7(5-9(13)14)12-10(15)8-3-2-4-11-6-8/h7-8,11H,2-6H2,1H3,(H,12,15)(H,13,14)/t7?,8-/m1/s1. The van der Waals surface area contributed by atoms with Gasteiger partial charge in [0.25, 0.3) is 0 Å². The Hall–Kier alpha value is -1.10. The quantitative estimate of drug-likeness (QED) is 0.614. The molecule has 0 saturated carbocycles. The number of rotatable bonds is 4. The molecular formula is C10H18N2O3. The average molecular weight is 214 g/mol. The molecule has 1 aliphatic heterocycles. The predicted octanol–water partition coefficient (Wildman–Crippen LogP) is -0.0346. The Bertz CT molecular complexity index is 237. The van der Waals surface area contributed by atoms with E-state index in [9.17, 15) is 9.59 Å². The van der Waals surface area contributed by atoms with Crippen LogP contribution in [-0.4, -0.2) is 36.1 Å². The van der Waals surface area contributed by atoms with Crippen LogP contribution in [0.1, 0.15) is 26.2 Å². The highest BCUT2D eigenvalue weighted by atomic mass is 16.4. The molecule has 3 N–H and O–H groups in total. The SMILES string of the molecule is CC(CC(=O)O)NC(=O)[C@@H]1CCCNC1. The molecule has 0 aromatic heterocycles. The van der Waals surface area contributed by atoms with E-state index in [1.807, 2.05) is 0 Å². The summed E-state index contributed by atoms with van der Waals surface area (Å²) in [6.45, 7) is 3.38. The van der Waals surface area contributed by atoms with Crippen molar-refractivity contribution in [3.63, 3.8) is 0 Å². The van der Waals surface area contributed by atoms with Gasteiger partial charge in [0.1, 0.15) is 0 Å². The lowest BCUT2D eigenvalue weighted by Crippen LogP contribution is -2.44. The van der Waals surface area contributed by atoms with E-state index < -0.39 is 5.97 Å². The van der Waals surface area contributed by atoms with Crippen molar-refractivity contribution >= 4 is 11.9 Å². The molecule has 0 radical (unpaired) electrons. The smallest absolute Gasteiger partial charge is 0.305 e. The number of carboxylic acid groups (broad SMARTS) is 1. The Kier molecular flexibility index (Phi) is 4.55. The first-order valence-electron chi connectivity index (χ1n) is 5.32. The first-order chi connectivity index (χ1) is 7.09. The molecule has 2 atom stereocenters. The van der Waals surface area contributed by atoms with Gasteiger partial charge in [-0.3, -0.25) is 9.59 Å². The Morgan fingerprint density at radius 1 is 1.60 bits per heavy atom. The molecule has 0 spiro atoms. The molecule has 1 fully saturated rings. The summed E-state index contributed by atoms with van der Waals surface area (Å²) in [5.74, 6) is -0.921. The lowest BCUT2D eigenvalue weighted by atomic mass is 9.98. The van der Waals surface area contributed by atoms with Crippen molar-refractivity contribution in [2.75, 3.05) is 13.1 Å². The van der Waals surface area contributed by atoms with Gasteiger partial charge in [-0.15, -0.1) is 0 Å². The molecule has 1 saturated heterocycles. The molecule has 1 unspecified atom stereocenters. The van der Waals surface area contributed by atoms with Crippen LogP contribution >= 0.6 is 0 Å². The van der Waals surface area contributed by atoms with Crippen molar-refractivity contribution < 1.29 is 14.7 Å². The summed E-state index contributed by atoms with van der Waals surface area (Å²) in [6, 6.07) is -0.295. The predicted molar refractivity (Wildman–Crippen MR) is 55.5 cm³/mol. The third-order valence-corrected chi connectivity index (χ3v) is 2.54. The van der Waals surface area contributed by atoms with E-state index >= 15 is 0 Å². The molecule has 1 amide bonds. The van der Waals surface area contributed by atoms with E-state index in [4.69, 9.17) is 5.11 Å². The second kappa shape index (κ2) is 5.70. The highest BCUT2D eigenvalue weighted by Crippen LogP contribution is 2.10. The topological polar surface area (TPSA) is 78.4 Å². The fourth-order valence-corrected chi connectivity index (χ4v) is 1.75. The molecule has 0 bridgehead atoms. The second-order valence-corrected chi connectivity index (χ2v) is 4.05. The van der Waals surface area contributed by atoms with Crippen LogP contribution in [0.4, 0.5) is 0 Å². The van der Waals surface area contributed by atoms with Crippen LogP contribution in [0.25, 0.3) is 0 Å². The average Bonchev–Trinajstić information content (AvgIpc) is 2.17. The Labute approximate surface area is 89.2 Å². The van der Waals surface area contributed by atoms with E-state index in [2.05, 4.69) is 10.6 Å². The number of nitrogens with one attached hydrogen (secondary N) is 2. The van der Waals surface area contributed by atoms with Crippen molar-refractivity contribution in [2.24, 2.45) is 5.92 Å². The Balaban J connectivity index is 2.30. The van der Waals surface area contributed by atoms with Gasteiger partial charge in [0.2, 0.25) is 5.91 Å². The summed E-state index contributed by atoms with van der Waals surface area (Å²) in [6.07, 6.45) is 1.87. The van der Waals surface area contributed by atoms with Crippen molar-refractivity contribution in [1.82, 2.24) is 10.6 Å². The molecule has 0 aromatic carbocycles. The summed E-state index contributed by atoms with van der Waals surface area (Å²) in [5, 5.41) is 14.4. The number of piperidine rings is 1. The maximum absolute atomic E-state index is 11.6. The highest BCUT2D eigenvalue weighted by Gasteiger charge is 2.22. The van der Waals surface area contributed by atoms with E-state index in [-0.39, 0.29) is 24.3 Å². The second-order valence-electron chi connectivity index (χ2n) is 4.05. The first-order valence-corrected chi connectivity index (χ1v) is 5.32. The molecule has 5 heteroatoms. The summed E-state index contributed by atoms with van der Waals surface area (Å²) in [4.78, 5) is 22.0. The number of carboxylic acids is 1. The lowest BCUT2D eigenvalue weighted by Gasteiger charge is -2.23. The molecule has 1 heterocycles. The minimum atomic E-state index is -0.885. The summed E-state index contributed by atoms with van der Waals surface area (Å²) >= 11 is 0. The fourth-order valence-electron chi connectivity index (χ4n) is 1.75. The van der Waals surface area contributed by atoms with E-state index in [1.54, 1.807) is 6.92 Å². The zero-order valence-corrected chi connectivity index (χ0v) is 8.95. The molecule has 86 valence electrons. The first kappa shape index (κ1) is 12.0. The lowest BCUT2D eigenvalue weighted by molar-refractivity contribution is -0.137. The van der Waals surface area contributed by atoms with Crippen LogP contribution in [-0.2, 0) is 9.59 Å². The number of hydrogen-bond donors (Lipinski definition) is 3. The van der Waals surface area contributed by atoms with Gasteiger partial charge in [-0.1, -0.05) is 0 Å². The molecule has 5 nitrogen and oxygen atoms in total. The Morgan fingerprint density at radius 3 is 2.87 bits per heavy atom. The van der Waals surface area contributed by atoms with Crippen LogP contribution in [0.5, 0.6) is 0 Å². The molecular weight excluding hydrogens is 196 g/mol. The number of aliphatic carboxylic acids is 1. The van der Waals surface area contributed by atoms with Gasteiger partial charge in [-0.2, -0.15) is 0 Å². The number of carbonyl (C=O) groups excluding carboxylic acids is 1. The van der Waals surface area contributed by atoms with Crippen LogP contribution < -0.4 is 10.6 Å². The van der Waals surface area contributed by atoms with E-state index in [1.165, 1.54) is 0 Å². The van der Waals surface area contributed by atoms with Crippen LogP contribution in [0.2, 0.25) is 0 Å². The summed E-state index contributed by atoms with van der Waals surface area (Å²) < 4.78 is 0. The number of carbonyl (C=O) groups is 2. The molecule has 0 aromatic rings. The van der Waals surface area contributed by atoms with E-state index in [0.717, 1.165) is 19.4 Å². The minimum Gasteiger partial charge on any atom is -0.481 e. The fraction of sp³-hybridized carbons (Fsp3) is 0.800. The van der Waals surface area contributed by atoms with Gasteiger partial charge >= 0.3 is 5.97 Å². The maximum Gasteiger partial charge on any atom is 0.305 e. The largest absolute Gasteiger partial charge is 0.481 e.